The molecule has 1 aliphatic carbocycles. The van der Waals surface area contributed by atoms with E-state index in [9.17, 15) is 4.79 Å². The van der Waals surface area contributed by atoms with Gasteiger partial charge >= 0.3 is 6.01 Å². The molecule has 32 heavy (non-hydrogen) atoms. The fourth-order valence-corrected chi connectivity index (χ4v) is 5.38. The molecule has 1 N–H and O–H groups in total. The molecular formula is C23H23Cl2N5O2. The van der Waals surface area contributed by atoms with Gasteiger partial charge in [0.2, 0.25) is 5.91 Å². The van der Waals surface area contributed by atoms with Crippen LogP contribution in [0.2, 0.25) is 10.0 Å². The number of hydrogen-bond donors (Lipinski definition) is 1. The maximum absolute atomic E-state index is 13.2. The first-order chi connectivity index (χ1) is 15.5. The van der Waals surface area contributed by atoms with Crippen molar-refractivity contribution < 1.29 is 9.53 Å². The second-order valence-electron chi connectivity index (χ2n) is 8.32. The van der Waals surface area contributed by atoms with Crippen molar-refractivity contribution in [1.29, 1.82) is 0 Å². The summed E-state index contributed by atoms with van der Waals surface area (Å²) < 4.78 is 5.01. The Labute approximate surface area is 196 Å². The molecule has 5 rings (SSSR count). The van der Waals surface area contributed by atoms with Gasteiger partial charge in [0, 0.05) is 58.6 Å². The Morgan fingerprint density at radius 3 is 2.59 bits per heavy atom. The predicted octanol–water partition coefficient (Wildman–Crippen LogP) is 4.13. The molecule has 1 fully saturated rings. The molecule has 1 amide bonds. The quantitative estimate of drug-likeness (QED) is 0.604. The number of rotatable bonds is 5. The van der Waals surface area contributed by atoms with Gasteiger partial charge in [-0.2, -0.15) is 0 Å². The second kappa shape index (κ2) is 8.71. The van der Waals surface area contributed by atoms with E-state index in [2.05, 4.69) is 19.9 Å². The number of nitrogens with one attached hydrogen (secondary N) is 1. The Balaban J connectivity index is 1.30. The number of imidazole rings is 1. The van der Waals surface area contributed by atoms with Crippen LogP contribution in [0.15, 0.2) is 30.9 Å². The third-order valence-corrected chi connectivity index (χ3v) is 7.17. The van der Waals surface area contributed by atoms with E-state index in [-0.39, 0.29) is 17.9 Å². The zero-order valence-corrected chi connectivity index (χ0v) is 19.2. The van der Waals surface area contributed by atoms with Crippen LogP contribution in [0, 0.1) is 5.92 Å². The van der Waals surface area contributed by atoms with E-state index in [1.54, 1.807) is 18.7 Å². The highest BCUT2D eigenvalue weighted by Crippen LogP contribution is 2.36. The van der Waals surface area contributed by atoms with E-state index in [1.807, 2.05) is 17.0 Å². The smallest absolute Gasteiger partial charge is 0.316 e. The molecule has 1 saturated heterocycles. The van der Waals surface area contributed by atoms with E-state index < -0.39 is 0 Å². The summed E-state index contributed by atoms with van der Waals surface area (Å²) in [7, 11) is 1.52. The third-order valence-electron chi connectivity index (χ3n) is 6.49. The zero-order chi connectivity index (χ0) is 22.2. The van der Waals surface area contributed by atoms with Crippen LogP contribution in [0.4, 0.5) is 0 Å². The van der Waals surface area contributed by atoms with E-state index in [0.29, 0.717) is 22.5 Å². The molecular weight excluding hydrogens is 449 g/mol. The number of carbonyl (C=O) groups excluding carboxylic acids is 1. The number of amides is 1. The number of likely N-dealkylation sites (tertiary alicyclic amines) is 1. The maximum Gasteiger partial charge on any atom is 0.316 e. The average molecular weight is 472 g/mol. The molecule has 2 aliphatic rings. The lowest BCUT2D eigenvalue weighted by atomic mass is 9.94. The number of methoxy groups -OCH3 is 1. The second-order valence-corrected chi connectivity index (χ2v) is 9.14. The monoisotopic (exact) mass is 471 g/mol. The number of fused-ring (bicyclic) bond motifs is 1. The van der Waals surface area contributed by atoms with Gasteiger partial charge in [-0.3, -0.25) is 4.79 Å². The Hall–Kier alpha value is -2.64. The summed E-state index contributed by atoms with van der Waals surface area (Å²) in [5, 5.41) is 1.10. The van der Waals surface area contributed by atoms with Crippen LogP contribution in [0.3, 0.4) is 0 Å². The van der Waals surface area contributed by atoms with Crippen molar-refractivity contribution in [1.82, 2.24) is 24.8 Å². The van der Waals surface area contributed by atoms with Crippen LogP contribution >= 0.6 is 23.2 Å². The molecule has 0 bridgehead atoms. The number of nitrogens with zero attached hydrogens (tertiary/aromatic N) is 4. The zero-order valence-electron chi connectivity index (χ0n) is 17.6. The van der Waals surface area contributed by atoms with Crippen LogP contribution in [0.1, 0.15) is 29.8 Å². The van der Waals surface area contributed by atoms with Crippen molar-refractivity contribution in [2.24, 2.45) is 5.92 Å². The molecule has 0 radical (unpaired) electrons. The summed E-state index contributed by atoms with van der Waals surface area (Å²) in [5.74, 6) is 0.0782. The van der Waals surface area contributed by atoms with Crippen LogP contribution in [0.25, 0.3) is 11.1 Å². The predicted molar refractivity (Wildman–Crippen MR) is 122 cm³/mol. The van der Waals surface area contributed by atoms with Gasteiger partial charge in [0.15, 0.2) is 0 Å². The van der Waals surface area contributed by atoms with Gasteiger partial charge in [-0.1, -0.05) is 23.2 Å². The Morgan fingerprint density at radius 1 is 1.12 bits per heavy atom. The first-order valence-corrected chi connectivity index (χ1v) is 11.4. The molecule has 1 aromatic carbocycles. The first kappa shape index (κ1) is 21.2. The summed E-state index contributed by atoms with van der Waals surface area (Å²) in [6.45, 7) is 0.768. The summed E-state index contributed by atoms with van der Waals surface area (Å²) >= 11 is 13.2. The number of H-pyrrole nitrogens is 1. The van der Waals surface area contributed by atoms with Crippen LogP contribution in [0.5, 0.6) is 6.01 Å². The molecule has 7 nitrogen and oxygen atoms in total. The number of ether oxygens (including phenoxy) is 1. The normalized spacial score (nSPS) is 20.5. The minimum absolute atomic E-state index is 0.110. The summed E-state index contributed by atoms with van der Waals surface area (Å²) in [5.41, 5.74) is 4.71. The highest BCUT2D eigenvalue weighted by atomic mass is 35.5. The Morgan fingerprint density at radius 2 is 1.88 bits per heavy atom. The Kier molecular flexibility index (Phi) is 5.78. The number of aromatic amines is 1. The lowest BCUT2D eigenvalue weighted by Gasteiger charge is -2.31. The van der Waals surface area contributed by atoms with Crippen LogP contribution < -0.4 is 4.74 Å². The lowest BCUT2D eigenvalue weighted by molar-refractivity contribution is -0.133. The number of carbonyl (C=O) groups is 1. The highest BCUT2D eigenvalue weighted by Gasteiger charge is 2.38. The molecule has 0 saturated carbocycles. The van der Waals surface area contributed by atoms with Crippen LogP contribution in [-0.2, 0) is 24.1 Å². The van der Waals surface area contributed by atoms with Gasteiger partial charge in [-0.05, 0) is 48.9 Å². The van der Waals surface area contributed by atoms with Crippen molar-refractivity contribution in [2.45, 2.75) is 38.1 Å². The summed E-state index contributed by atoms with van der Waals surface area (Å²) in [6.07, 6.45) is 9.14. The van der Waals surface area contributed by atoms with Crippen LogP contribution in [-0.4, -0.2) is 50.4 Å². The Bertz CT molecular complexity index is 1120. The first-order valence-electron chi connectivity index (χ1n) is 10.7. The number of benzene rings is 1. The third kappa shape index (κ3) is 3.95. The van der Waals surface area contributed by atoms with Crippen molar-refractivity contribution in [3.8, 4) is 17.1 Å². The fourth-order valence-electron chi connectivity index (χ4n) is 4.74. The van der Waals surface area contributed by atoms with E-state index in [1.165, 1.54) is 12.8 Å². The molecule has 1 aliphatic heterocycles. The maximum atomic E-state index is 13.2. The number of hydrogen-bond acceptors (Lipinski definition) is 5. The molecule has 2 unspecified atom stereocenters. The molecule has 166 valence electrons. The van der Waals surface area contributed by atoms with E-state index in [4.69, 9.17) is 27.9 Å². The van der Waals surface area contributed by atoms with Gasteiger partial charge in [0.25, 0.3) is 0 Å². The number of halogens is 2. The van der Waals surface area contributed by atoms with Gasteiger partial charge < -0.3 is 14.6 Å². The minimum atomic E-state index is -0.110. The molecule has 9 heteroatoms. The van der Waals surface area contributed by atoms with Crippen molar-refractivity contribution in [2.75, 3.05) is 13.7 Å². The van der Waals surface area contributed by atoms with Crippen molar-refractivity contribution in [3.63, 3.8) is 0 Å². The summed E-state index contributed by atoms with van der Waals surface area (Å²) in [4.78, 5) is 31.1. The molecule has 3 heterocycles. The van der Waals surface area contributed by atoms with Gasteiger partial charge in [0.05, 0.1) is 19.1 Å². The van der Waals surface area contributed by atoms with E-state index in [0.717, 1.165) is 54.6 Å². The minimum Gasteiger partial charge on any atom is -0.467 e. The van der Waals surface area contributed by atoms with Gasteiger partial charge in [-0.25, -0.2) is 15.0 Å². The van der Waals surface area contributed by atoms with Gasteiger partial charge in [0.1, 0.15) is 0 Å². The lowest BCUT2D eigenvalue weighted by Crippen LogP contribution is -2.41. The highest BCUT2D eigenvalue weighted by molar-refractivity contribution is 6.36. The topological polar surface area (TPSA) is 84.0 Å². The largest absolute Gasteiger partial charge is 0.467 e. The summed E-state index contributed by atoms with van der Waals surface area (Å²) in [6, 6.07) is 4.22. The average Bonchev–Trinajstić information content (AvgIpc) is 3.42. The standard InChI is InChI=1S/C23H23Cl2N5O2/c1-32-23-26-10-15(11-27-23)14-7-18(24)17(19(25)8-14)6-13-4-5-30(22(13)31)16-2-3-20-21(9-16)29-12-28-20/h7-8,10-13,16H,2-6,9H2,1H3,(H,28,29). The van der Waals surface area contributed by atoms with Crippen molar-refractivity contribution >= 4 is 29.1 Å². The molecule has 3 aromatic rings. The SMILES string of the molecule is COc1ncc(-c2cc(Cl)c(CC3CCN(C4CCc5[nH]cnc5C4)C3=O)c(Cl)c2)cn1. The molecule has 2 atom stereocenters. The molecule has 0 spiro atoms. The molecule has 2 aromatic heterocycles. The number of aryl methyl sites for hydroxylation is 1. The van der Waals surface area contributed by atoms with E-state index >= 15 is 0 Å². The number of aromatic nitrogens is 4. The van der Waals surface area contributed by atoms with Gasteiger partial charge in [-0.15, -0.1) is 0 Å². The fraction of sp³-hybridized carbons (Fsp3) is 0.391. The van der Waals surface area contributed by atoms with Crippen molar-refractivity contribution in [3.05, 3.63) is 57.9 Å².